The Balaban J connectivity index is 2.41. The van der Waals surface area contributed by atoms with Crippen molar-refractivity contribution in [3.8, 4) is 0 Å². The van der Waals surface area contributed by atoms with E-state index in [0.717, 1.165) is 6.54 Å². The second kappa shape index (κ2) is 4.07. The molecule has 1 saturated heterocycles. The molecule has 0 saturated carbocycles. The highest BCUT2D eigenvalue weighted by Gasteiger charge is 2.23. The molecule has 1 rings (SSSR count). The van der Waals surface area contributed by atoms with Gasteiger partial charge in [0, 0.05) is 18.6 Å². The van der Waals surface area contributed by atoms with E-state index in [1.807, 2.05) is 0 Å². The van der Waals surface area contributed by atoms with Crippen LogP contribution in [0.2, 0.25) is 0 Å². The Bertz CT molecular complexity index is 106. The second-order valence-corrected chi connectivity index (χ2v) is 3.59. The summed E-state index contributed by atoms with van der Waals surface area (Å²) in [5.41, 5.74) is 0. The van der Waals surface area contributed by atoms with Crippen LogP contribution in [0.25, 0.3) is 0 Å². The van der Waals surface area contributed by atoms with E-state index in [0.29, 0.717) is 18.7 Å². The summed E-state index contributed by atoms with van der Waals surface area (Å²) < 4.78 is 0. The summed E-state index contributed by atoms with van der Waals surface area (Å²) in [6.45, 7) is 5.66. The molecule has 0 aromatic carbocycles. The van der Waals surface area contributed by atoms with Crippen LogP contribution in [-0.4, -0.2) is 35.2 Å². The second-order valence-electron chi connectivity index (χ2n) is 3.59. The van der Waals surface area contributed by atoms with Crippen molar-refractivity contribution in [2.24, 2.45) is 0 Å². The third-order valence-electron chi connectivity index (χ3n) is 2.73. The number of aliphatic hydroxyl groups is 1. The summed E-state index contributed by atoms with van der Waals surface area (Å²) in [5.74, 6) is 0. The molecule has 2 atom stereocenters. The van der Waals surface area contributed by atoms with Crippen molar-refractivity contribution >= 4 is 0 Å². The standard InChI is InChI=1S/C9H19NO/c1-8-4-3-5-9(2)10(8)6-7-11/h8-9,11H,3-7H2,1-2H3. The van der Waals surface area contributed by atoms with E-state index in [4.69, 9.17) is 5.11 Å². The van der Waals surface area contributed by atoms with Crippen LogP contribution < -0.4 is 0 Å². The van der Waals surface area contributed by atoms with Crippen LogP contribution in [0, 0.1) is 0 Å². The number of hydrogen-bond acceptors (Lipinski definition) is 2. The number of β-amino-alcohol motifs (C(OH)–C–C–N with tert-alkyl or cyclic N) is 1. The monoisotopic (exact) mass is 157 g/mol. The molecular weight excluding hydrogens is 138 g/mol. The molecule has 2 heteroatoms. The third kappa shape index (κ3) is 2.17. The molecule has 11 heavy (non-hydrogen) atoms. The minimum Gasteiger partial charge on any atom is -0.395 e. The fraction of sp³-hybridized carbons (Fsp3) is 1.00. The first-order valence-electron chi connectivity index (χ1n) is 4.62. The molecule has 0 aromatic heterocycles. The minimum absolute atomic E-state index is 0.300. The fourth-order valence-corrected chi connectivity index (χ4v) is 2.03. The smallest absolute Gasteiger partial charge is 0.0558 e. The average Bonchev–Trinajstić information content (AvgIpc) is 1.97. The topological polar surface area (TPSA) is 23.5 Å². The largest absolute Gasteiger partial charge is 0.395 e. The van der Waals surface area contributed by atoms with E-state index >= 15 is 0 Å². The summed E-state index contributed by atoms with van der Waals surface area (Å²) in [6.07, 6.45) is 3.94. The normalized spacial score (nSPS) is 34.1. The lowest BCUT2D eigenvalue weighted by Crippen LogP contribution is -2.44. The first-order valence-corrected chi connectivity index (χ1v) is 4.62. The molecule has 2 unspecified atom stereocenters. The summed E-state index contributed by atoms with van der Waals surface area (Å²) in [7, 11) is 0. The minimum atomic E-state index is 0.300. The van der Waals surface area contributed by atoms with E-state index < -0.39 is 0 Å². The van der Waals surface area contributed by atoms with Crippen LogP contribution in [-0.2, 0) is 0 Å². The summed E-state index contributed by atoms with van der Waals surface area (Å²) in [6, 6.07) is 1.34. The van der Waals surface area contributed by atoms with Gasteiger partial charge < -0.3 is 5.11 Å². The molecule has 0 radical (unpaired) electrons. The van der Waals surface area contributed by atoms with E-state index in [1.165, 1.54) is 19.3 Å². The molecule has 1 heterocycles. The Morgan fingerprint density at radius 2 is 1.82 bits per heavy atom. The van der Waals surface area contributed by atoms with E-state index in [9.17, 15) is 0 Å². The van der Waals surface area contributed by atoms with Crippen LogP contribution in [0.5, 0.6) is 0 Å². The van der Waals surface area contributed by atoms with Crippen LogP contribution in [0.4, 0.5) is 0 Å². The number of aliphatic hydroxyl groups excluding tert-OH is 1. The molecule has 66 valence electrons. The third-order valence-corrected chi connectivity index (χ3v) is 2.73. The maximum Gasteiger partial charge on any atom is 0.0558 e. The Kier molecular flexibility index (Phi) is 3.34. The van der Waals surface area contributed by atoms with Crippen molar-refractivity contribution in [3.63, 3.8) is 0 Å². The highest BCUT2D eigenvalue weighted by atomic mass is 16.3. The van der Waals surface area contributed by atoms with Gasteiger partial charge in [-0.15, -0.1) is 0 Å². The van der Waals surface area contributed by atoms with Gasteiger partial charge in [-0.3, -0.25) is 4.90 Å². The summed E-state index contributed by atoms with van der Waals surface area (Å²) in [5, 5.41) is 8.81. The fourth-order valence-electron chi connectivity index (χ4n) is 2.03. The molecule has 2 nitrogen and oxygen atoms in total. The van der Waals surface area contributed by atoms with Crippen LogP contribution in [0.3, 0.4) is 0 Å². The Hall–Kier alpha value is -0.0800. The molecule has 1 aliphatic rings. The first-order chi connectivity index (χ1) is 5.25. The van der Waals surface area contributed by atoms with Gasteiger partial charge in [-0.25, -0.2) is 0 Å². The highest BCUT2D eigenvalue weighted by molar-refractivity contribution is 4.78. The van der Waals surface area contributed by atoms with E-state index in [2.05, 4.69) is 18.7 Å². The molecule has 1 fully saturated rings. The zero-order chi connectivity index (χ0) is 8.27. The predicted octanol–water partition coefficient (Wildman–Crippen LogP) is 1.24. The van der Waals surface area contributed by atoms with E-state index in [1.54, 1.807) is 0 Å². The van der Waals surface area contributed by atoms with Crippen molar-refractivity contribution in [2.45, 2.75) is 45.2 Å². The van der Waals surface area contributed by atoms with Crippen LogP contribution in [0.15, 0.2) is 0 Å². The van der Waals surface area contributed by atoms with Gasteiger partial charge in [0.1, 0.15) is 0 Å². The van der Waals surface area contributed by atoms with Gasteiger partial charge >= 0.3 is 0 Å². The van der Waals surface area contributed by atoms with Crippen LogP contribution in [0.1, 0.15) is 33.1 Å². The zero-order valence-electron chi connectivity index (χ0n) is 7.58. The lowest BCUT2D eigenvalue weighted by atomic mass is 9.98. The van der Waals surface area contributed by atoms with Gasteiger partial charge in [0.2, 0.25) is 0 Å². The van der Waals surface area contributed by atoms with Gasteiger partial charge in [-0.2, -0.15) is 0 Å². The predicted molar refractivity (Wildman–Crippen MR) is 46.6 cm³/mol. The Labute approximate surface area is 69.2 Å². The van der Waals surface area contributed by atoms with Crippen molar-refractivity contribution in [2.75, 3.05) is 13.2 Å². The van der Waals surface area contributed by atoms with Gasteiger partial charge in [-0.1, -0.05) is 6.42 Å². The first kappa shape index (κ1) is 9.01. The van der Waals surface area contributed by atoms with Crippen molar-refractivity contribution in [1.82, 2.24) is 4.90 Å². The van der Waals surface area contributed by atoms with Crippen molar-refractivity contribution in [3.05, 3.63) is 0 Å². The lowest BCUT2D eigenvalue weighted by molar-refractivity contribution is 0.0804. The number of nitrogens with zero attached hydrogens (tertiary/aromatic N) is 1. The Morgan fingerprint density at radius 1 is 1.27 bits per heavy atom. The zero-order valence-corrected chi connectivity index (χ0v) is 7.58. The van der Waals surface area contributed by atoms with Gasteiger partial charge in [0.25, 0.3) is 0 Å². The molecule has 0 spiro atoms. The maximum absolute atomic E-state index is 8.81. The molecular formula is C9H19NO. The number of hydrogen-bond donors (Lipinski definition) is 1. The number of piperidine rings is 1. The highest BCUT2D eigenvalue weighted by Crippen LogP contribution is 2.21. The summed E-state index contributed by atoms with van der Waals surface area (Å²) in [4.78, 5) is 2.41. The lowest BCUT2D eigenvalue weighted by Gasteiger charge is -2.38. The van der Waals surface area contributed by atoms with Crippen molar-refractivity contribution < 1.29 is 5.11 Å². The van der Waals surface area contributed by atoms with Gasteiger partial charge in [0.05, 0.1) is 6.61 Å². The molecule has 1 N–H and O–H groups in total. The average molecular weight is 157 g/mol. The van der Waals surface area contributed by atoms with Gasteiger partial charge in [0.15, 0.2) is 0 Å². The van der Waals surface area contributed by atoms with Crippen LogP contribution >= 0.6 is 0 Å². The molecule has 0 aromatic rings. The van der Waals surface area contributed by atoms with Gasteiger partial charge in [-0.05, 0) is 26.7 Å². The molecule has 1 aliphatic heterocycles. The number of rotatable bonds is 2. The summed E-state index contributed by atoms with van der Waals surface area (Å²) >= 11 is 0. The maximum atomic E-state index is 8.81. The molecule has 0 aliphatic carbocycles. The number of likely N-dealkylation sites (tertiary alicyclic amines) is 1. The SMILES string of the molecule is CC1CCCC(C)N1CCO. The van der Waals surface area contributed by atoms with E-state index in [-0.39, 0.29) is 0 Å². The molecule has 0 amide bonds. The van der Waals surface area contributed by atoms with Crippen molar-refractivity contribution in [1.29, 1.82) is 0 Å². The Morgan fingerprint density at radius 3 is 2.27 bits per heavy atom. The molecule has 0 bridgehead atoms. The quantitative estimate of drug-likeness (QED) is 0.652.